The summed E-state index contributed by atoms with van der Waals surface area (Å²) >= 11 is 0. The lowest BCUT2D eigenvalue weighted by Crippen LogP contribution is -2.55. The van der Waals surface area contributed by atoms with Crippen LogP contribution in [0, 0.1) is 5.92 Å². The van der Waals surface area contributed by atoms with Gasteiger partial charge in [-0.2, -0.15) is 0 Å². The monoisotopic (exact) mass is 397 g/mol. The Kier molecular flexibility index (Phi) is 9.19. The first-order valence-corrected chi connectivity index (χ1v) is 9.37. The van der Waals surface area contributed by atoms with E-state index >= 15 is 0 Å². The van der Waals surface area contributed by atoms with E-state index < -0.39 is 35.8 Å². The van der Waals surface area contributed by atoms with Crippen molar-refractivity contribution in [2.75, 3.05) is 6.54 Å². The number of guanidine groups is 1. The van der Waals surface area contributed by atoms with Crippen molar-refractivity contribution in [2.45, 2.75) is 64.1 Å². The molecule has 11 heteroatoms. The highest BCUT2D eigenvalue weighted by atomic mass is 16.2. The molecule has 1 saturated carbocycles. The molecule has 0 bridgehead atoms. The lowest BCUT2D eigenvalue weighted by Gasteiger charge is -2.27. The van der Waals surface area contributed by atoms with Crippen LogP contribution in [0.4, 0.5) is 0 Å². The molecule has 158 valence electrons. The molecule has 0 saturated heterocycles. The fourth-order valence-electron chi connectivity index (χ4n) is 2.52. The van der Waals surface area contributed by atoms with Crippen molar-refractivity contribution < 1.29 is 19.2 Å². The van der Waals surface area contributed by atoms with E-state index in [0.29, 0.717) is 6.42 Å². The van der Waals surface area contributed by atoms with Crippen molar-refractivity contribution in [3.8, 4) is 0 Å². The molecule has 1 aliphatic carbocycles. The van der Waals surface area contributed by atoms with Gasteiger partial charge in [0.25, 0.3) is 0 Å². The summed E-state index contributed by atoms with van der Waals surface area (Å²) in [6, 6.07) is -2.61. The maximum absolute atomic E-state index is 12.4. The Labute approximate surface area is 164 Å². The molecule has 0 aromatic heterocycles. The second-order valence-electron chi connectivity index (χ2n) is 7.00. The number of amides is 4. The molecular formula is C17H31N7O4. The topological polar surface area (TPSA) is 195 Å². The smallest absolute Gasteiger partial charge is 0.243 e. The number of hydrogen-bond donors (Lipinski definition) is 6. The zero-order chi connectivity index (χ0) is 21.3. The molecule has 0 heterocycles. The maximum atomic E-state index is 12.4. The van der Waals surface area contributed by atoms with E-state index in [-0.39, 0.29) is 30.8 Å². The van der Waals surface area contributed by atoms with E-state index in [4.69, 9.17) is 17.2 Å². The van der Waals surface area contributed by atoms with Crippen LogP contribution < -0.4 is 33.2 Å². The highest BCUT2D eigenvalue weighted by Crippen LogP contribution is 2.26. The van der Waals surface area contributed by atoms with E-state index in [1.807, 2.05) is 0 Å². The molecule has 0 radical (unpaired) electrons. The fraction of sp³-hybridized carbons (Fsp3) is 0.706. The molecule has 0 spiro atoms. The largest absolute Gasteiger partial charge is 0.370 e. The number of aliphatic imine (C=N–C) groups is 1. The third-order valence-electron chi connectivity index (χ3n) is 4.59. The van der Waals surface area contributed by atoms with Crippen LogP contribution >= 0.6 is 0 Å². The van der Waals surface area contributed by atoms with Crippen LogP contribution in [0.1, 0.15) is 46.0 Å². The van der Waals surface area contributed by atoms with Gasteiger partial charge < -0.3 is 33.2 Å². The van der Waals surface area contributed by atoms with E-state index in [2.05, 4.69) is 20.9 Å². The SMILES string of the molecule is C[C@H](NC(=O)[C@H](CCCN=C(N)N)NC(=O)[C@H](C)NC(=O)C1CCC1)C(N)=O. The Morgan fingerprint density at radius 1 is 0.964 bits per heavy atom. The van der Waals surface area contributed by atoms with Crippen molar-refractivity contribution in [1.29, 1.82) is 0 Å². The van der Waals surface area contributed by atoms with Crippen molar-refractivity contribution in [3.05, 3.63) is 0 Å². The fourth-order valence-corrected chi connectivity index (χ4v) is 2.52. The summed E-state index contributed by atoms with van der Waals surface area (Å²) in [5, 5.41) is 7.71. The normalized spacial score (nSPS) is 16.6. The van der Waals surface area contributed by atoms with Gasteiger partial charge >= 0.3 is 0 Å². The van der Waals surface area contributed by atoms with Gasteiger partial charge in [-0.05, 0) is 39.5 Å². The molecule has 0 aliphatic heterocycles. The van der Waals surface area contributed by atoms with Gasteiger partial charge in [-0.25, -0.2) is 0 Å². The molecule has 1 rings (SSSR count). The van der Waals surface area contributed by atoms with E-state index in [9.17, 15) is 19.2 Å². The van der Waals surface area contributed by atoms with Crippen LogP contribution in [0.2, 0.25) is 0 Å². The molecule has 9 N–H and O–H groups in total. The Morgan fingerprint density at radius 3 is 2.11 bits per heavy atom. The molecule has 4 amide bonds. The lowest BCUT2D eigenvalue weighted by molar-refractivity contribution is -0.134. The highest BCUT2D eigenvalue weighted by molar-refractivity contribution is 5.94. The van der Waals surface area contributed by atoms with Gasteiger partial charge in [0.1, 0.15) is 18.1 Å². The van der Waals surface area contributed by atoms with Gasteiger partial charge in [-0.15, -0.1) is 0 Å². The first-order valence-electron chi connectivity index (χ1n) is 9.37. The highest BCUT2D eigenvalue weighted by Gasteiger charge is 2.29. The zero-order valence-electron chi connectivity index (χ0n) is 16.4. The maximum Gasteiger partial charge on any atom is 0.243 e. The van der Waals surface area contributed by atoms with Gasteiger partial charge in [0.2, 0.25) is 23.6 Å². The van der Waals surface area contributed by atoms with Gasteiger partial charge in [0, 0.05) is 12.5 Å². The molecule has 11 nitrogen and oxygen atoms in total. The van der Waals surface area contributed by atoms with Crippen LogP contribution in [-0.4, -0.2) is 54.3 Å². The number of rotatable bonds is 11. The van der Waals surface area contributed by atoms with Crippen LogP contribution in [-0.2, 0) is 19.2 Å². The van der Waals surface area contributed by atoms with Crippen molar-refractivity contribution in [2.24, 2.45) is 28.1 Å². The summed E-state index contributed by atoms with van der Waals surface area (Å²) in [5.41, 5.74) is 15.7. The molecule has 1 fully saturated rings. The quantitative estimate of drug-likeness (QED) is 0.130. The minimum absolute atomic E-state index is 0.0506. The number of carbonyl (C=O) groups excluding carboxylic acids is 4. The molecule has 1 aliphatic rings. The number of nitrogens with two attached hydrogens (primary N) is 3. The Balaban J connectivity index is 2.65. The van der Waals surface area contributed by atoms with Crippen molar-refractivity contribution in [3.63, 3.8) is 0 Å². The Bertz CT molecular complexity index is 615. The van der Waals surface area contributed by atoms with Crippen LogP contribution in [0.5, 0.6) is 0 Å². The van der Waals surface area contributed by atoms with Crippen LogP contribution in [0.25, 0.3) is 0 Å². The minimum Gasteiger partial charge on any atom is -0.370 e. The molecular weight excluding hydrogens is 366 g/mol. The first kappa shape index (κ1) is 23.2. The summed E-state index contributed by atoms with van der Waals surface area (Å²) in [5.74, 6) is -2.03. The Morgan fingerprint density at radius 2 is 1.61 bits per heavy atom. The zero-order valence-corrected chi connectivity index (χ0v) is 16.4. The summed E-state index contributed by atoms with van der Waals surface area (Å²) in [4.78, 5) is 51.8. The predicted octanol–water partition coefficient (Wildman–Crippen LogP) is -2.18. The number of nitrogens with one attached hydrogen (secondary N) is 3. The van der Waals surface area contributed by atoms with Crippen LogP contribution in [0.3, 0.4) is 0 Å². The molecule has 0 aromatic rings. The predicted molar refractivity (Wildman–Crippen MR) is 104 cm³/mol. The third-order valence-corrected chi connectivity index (χ3v) is 4.59. The lowest BCUT2D eigenvalue weighted by atomic mass is 9.84. The summed E-state index contributed by atoms with van der Waals surface area (Å²) in [7, 11) is 0. The number of nitrogens with zero attached hydrogens (tertiary/aromatic N) is 1. The molecule has 0 unspecified atom stereocenters. The van der Waals surface area contributed by atoms with Gasteiger partial charge in [-0.3, -0.25) is 24.2 Å². The standard InChI is InChI=1S/C17H31N7O4/c1-9(13(18)25)22-16(28)12(7-4-8-21-17(19)20)24-14(26)10(2)23-15(27)11-5-3-6-11/h9-12H,3-8H2,1-2H3,(H2,18,25)(H,22,28)(H,23,27)(H,24,26)(H4,19,20,21)/t9-,10-,12-/m0/s1. The Hall–Kier alpha value is -2.85. The second kappa shape index (κ2) is 11.1. The van der Waals surface area contributed by atoms with Crippen LogP contribution in [0.15, 0.2) is 4.99 Å². The molecule has 28 heavy (non-hydrogen) atoms. The van der Waals surface area contributed by atoms with E-state index in [0.717, 1.165) is 19.3 Å². The van der Waals surface area contributed by atoms with Crippen molar-refractivity contribution in [1.82, 2.24) is 16.0 Å². The van der Waals surface area contributed by atoms with E-state index in [1.54, 1.807) is 6.92 Å². The van der Waals surface area contributed by atoms with Gasteiger partial charge in [0.15, 0.2) is 5.96 Å². The van der Waals surface area contributed by atoms with Gasteiger partial charge in [-0.1, -0.05) is 6.42 Å². The minimum atomic E-state index is -0.924. The molecule has 0 aromatic carbocycles. The number of hydrogen-bond acceptors (Lipinski definition) is 5. The van der Waals surface area contributed by atoms with Gasteiger partial charge in [0.05, 0.1) is 0 Å². The summed E-state index contributed by atoms with van der Waals surface area (Å²) in [6.45, 7) is 3.27. The average Bonchev–Trinajstić information content (AvgIpc) is 2.54. The number of carbonyl (C=O) groups is 4. The second-order valence-corrected chi connectivity index (χ2v) is 7.00. The average molecular weight is 397 g/mol. The first-order chi connectivity index (χ1) is 13.1. The molecule has 3 atom stereocenters. The van der Waals surface area contributed by atoms with E-state index in [1.165, 1.54) is 6.92 Å². The number of primary amides is 1. The summed E-state index contributed by atoms with van der Waals surface area (Å²) in [6.07, 6.45) is 3.31. The van der Waals surface area contributed by atoms with Crippen molar-refractivity contribution >= 4 is 29.6 Å². The summed E-state index contributed by atoms with van der Waals surface area (Å²) < 4.78 is 0. The third kappa shape index (κ3) is 7.80.